The number of hydrogen-bond donors (Lipinski definition) is 4. The van der Waals surface area contributed by atoms with Crippen LogP contribution in [0.3, 0.4) is 0 Å². The van der Waals surface area contributed by atoms with Gasteiger partial charge >= 0.3 is 5.97 Å². The molecular weight excluding hydrogens is 224 g/mol. The molecule has 0 saturated heterocycles. The number of carbonyl (C=O) groups excluding carboxylic acids is 1. The van der Waals surface area contributed by atoms with Crippen molar-refractivity contribution in [2.75, 3.05) is 7.05 Å². The van der Waals surface area contributed by atoms with Gasteiger partial charge in [0.25, 0.3) is 0 Å². The lowest BCUT2D eigenvalue weighted by Crippen LogP contribution is -2.53. The average Bonchev–Trinajstić information content (AvgIpc) is 2.20. The molecule has 0 heterocycles. The van der Waals surface area contributed by atoms with Gasteiger partial charge in [0.05, 0.1) is 12.1 Å². The van der Waals surface area contributed by atoms with Gasteiger partial charge in [-0.25, -0.2) is 4.79 Å². The number of aliphatic carboxylic acids is 1. The Balaban J connectivity index is 4.52. The molecule has 0 aliphatic heterocycles. The minimum atomic E-state index is -1.27. The van der Waals surface area contributed by atoms with Crippen LogP contribution in [0.25, 0.3) is 0 Å². The van der Waals surface area contributed by atoms with E-state index in [1.54, 1.807) is 7.05 Å². The zero-order valence-corrected chi connectivity index (χ0v) is 10.7. The number of aliphatic hydroxyl groups is 1. The normalized spacial score (nSPS) is 16.4. The van der Waals surface area contributed by atoms with Crippen molar-refractivity contribution in [1.29, 1.82) is 0 Å². The first-order valence-corrected chi connectivity index (χ1v) is 5.68. The van der Waals surface area contributed by atoms with E-state index in [9.17, 15) is 14.7 Å². The van der Waals surface area contributed by atoms with Crippen LogP contribution in [0, 0.1) is 5.92 Å². The lowest BCUT2D eigenvalue weighted by molar-refractivity contribution is -0.145. The minimum absolute atomic E-state index is 0.313. The van der Waals surface area contributed by atoms with Crippen LogP contribution in [0.2, 0.25) is 0 Å². The van der Waals surface area contributed by atoms with Crippen molar-refractivity contribution in [1.82, 2.24) is 10.6 Å². The first kappa shape index (κ1) is 15.9. The standard InChI is InChI=1S/C11H22N2O4/c1-6(2)5-8(12-4)10(15)13-9(7(3)14)11(16)17/h6-9,12,14H,5H2,1-4H3,(H,13,15)(H,16,17). The lowest BCUT2D eigenvalue weighted by atomic mass is 10.0. The quantitative estimate of drug-likeness (QED) is 0.488. The number of nitrogens with one attached hydrogen (secondary N) is 2. The third-order valence-electron chi connectivity index (χ3n) is 2.42. The van der Waals surface area contributed by atoms with Crippen molar-refractivity contribution in [2.24, 2.45) is 5.92 Å². The molecule has 17 heavy (non-hydrogen) atoms. The molecule has 3 atom stereocenters. The summed E-state index contributed by atoms with van der Waals surface area (Å²) in [5.74, 6) is -1.34. The fourth-order valence-electron chi connectivity index (χ4n) is 1.47. The molecule has 6 heteroatoms. The highest BCUT2D eigenvalue weighted by atomic mass is 16.4. The van der Waals surface area contributed by atoms with Crippen molar-refractivity contribution in [3.63, 3.8) is 0 Å². The molecule has 0 aromatic heterocycles. The number of carboxylic acid groups (broad SMARTS) is 1. The van der Waals surface area contributed by atoms with Crippen LogP contribution in [0.5, 0.6) is 0 Å². The molecule has 0 fully saturated rings. The second-order valence-corrected chi connectivity index (χ2v) is 4.54. The summed E-state index contributed by atoms with van der Waals surface area (Å²) in [7, 11) is 1.64. The molecule has 4 N–H and O–H groups in total. The van der Waals surface area contributed by atoms with Gasteiger partial charge in [-0.15, -0.1) is 0 Å². The molecule has 3 unspecified atom stereocenters. The van der Waals surface area contributed by atoms with Crippen LogP contribution in [0.15, 0.2) is 0 Å². The van der Waals surface area contributed by atoms with Gasteiger partial charge in [-0.05, 0) is 26.3 Å². The van der Waals surface area contributed by atoms with E-state index in [0.29, 0.717) is 12.3 Å². The van der Waals surface area contributed by atoms with E-state index in [4.69, 9.17) is 5.11 Å². The molecule has 6 nitrogen and oxygen atoms in total. The predicted octanol–water partition coefficient (Wildman–Crippen LogP) is -0.429. The number of rotatable bonds is 7. The van der Waals surface area contributed by atoms with Gasteiger partial charge in [-0.2, -0.15) is 0 Å². The topological polar surface area (TPSA) is 98.7 Å². The highest BCUT2D eigenvalue weighted by Gasteiger charge is 2.28. The zero-order valence-electron chi connectivity index (χ0n) is 10.7. The van der Waals surface area contributed by atoms with Gasteiger partial charge in [0.2, 0.25) is 5.91 Å². The van der Waals surface area contributed by atoms with Crippen LogP contribution in [-0.2, 0) is 9.59 Å². The van der Waals surface area contributed by atoms with E-state index in [-0.39, 0.29) is 0 Å². The first-order chi connectivity index (χ1) is 7.79. The molecular formula is C11H22N2O4. The summed E-state index contributed by atoms with van der Waals surface area (Å²) in [6, 6.07) is -1.72. The highest BCUT2D eigenvalue weighted by molar-refractivity contribution is 5.87. The Morgan fingerprint density at radius 3 is 2.06 bits per heavy atom. The van der Waals surface area contributed by atoms with Crippen LogP contribution in [-0.4, -0.2) is 47.3 Å². The molecule has 0 saturated carbocycles. The molecule has 0 aromatic carbocycles. The summed E-state index contributed by atoms with van der Waals surface area (Å²) in [5.41, 5.74) is 0. The summed E-state index contributed by atoms with van der Waals surface area (Å²) in [6.45, 7) is 5.28. The summed E-state index contributed by atoms with van der Waals surface area (Å²) in [6.07, 6.45) is -0.526. The third kappa shape index (κ3) is 5.65. The van der Waals surface area contributed by atoms with E-state index in [2.05, 4.69) is 10.6 Å². The number of amides is 1. The first-order valence-electron chi connectivity index (χ1n) is 5.68. The van der Waals surface area contributed by atoms with E-state index < -0.39 is 30.1 Å². The average molecular weight is 246 g/mol. The molecule has 0 aliphatic carbocycles. The molecule has 100 valence electrons. The fourth-order valence-corrected chi connectivity index (χ4v) is 1.47. The van der Waals surface area contributed by atoms with Crippen LogP contribution < -0.4 is 10.6 Å². The number of aliphatic hydroxyl groups excluding tert-OH is 1. The smallest absolute Gasteiger partial charge is 0.328 e. The Kier molecular flexibility index (Phi) is 6.75. The molecule has 0 bridgehead atoms. The molecule has 1 amide bonds. The summed E-state index contributed by atoms with van der Waals surface area (Å²) < 4.78 is 0. The summed E-state index contributed by atoms with van der Waals surface area (Å²) in [4.78, 5) is 22.6. The van der Waals surface area contributed by atoms with Crippen LogP contribution in [0.4, 0.5) is 0 Å². The maximum atomic E-state index is 11.8. The Bertz CT molecular complexity index is 266. The third-order valence-corrected chi connectivity index (χ3v) is 2.42. The summed E-state index contributed by atoms with van der Waals surface area (Å²) in [5, 5.41) is 23.2. The number of likely N-dealkylation sites (N-methyl/N-ethyl adjacent to an activating group) is 1. The van der Waals surface area contributed by atoms with Crippen molar-refractivity contribution in [3.8, 4) is 0 Å². The minimum Gasteiger partial charge on any atom is -0.480 e. The fraction of sp³-hybridized carbons (Fsp3) is 0.818. The molecule has 0 aliphatic rings. The number of carbonyl (C=O) groups is 2. The van der Waals surface area contributed by atoms with Gasteiger partial charge in [-0.1, -0.05) is 13.8 Å². The monoisotopic (exact) mass is 246 g/mol. The Labute approximate surface area is 101 Å². The second-order valence-electron chi connectivity index (χ2n) is 4.54. The maximum absolute atomic E-state index is 11.8. The zero-order chi connectivity index (χ0) is 13.6. The Morgan fingerprint density at radius 1 is 1.24 bits per heavy atom. The highest BCUT2D eigenvalue weighted by Crippen LogP contribution is 2.05. The van der Waals surface area contributed by atoms with E-state index in [0.717, 1.165) is 0 Å². The van der Waals surface area contributed by atoms with E-state index in [1.165, 1.54) is 6.92 Å². The van der Waals surface area contributed by atoms with Crippen molar-refractivity contribution < 1.29 is 19.8 Å². The van der Waals surface area contributed by atoms with Crippen molar-refractivity contribution >= 4 is 11.9 Å². The maximum Gasteiger partial charge on any atom is 0.328 e. The SMILES string of the molecule is CNC(CC(C)C)C(=O)NC(C(=O)O)C(C)O. The Morgan fingerprint density at radius 2 is 1.76 bits per heavy atom. The largest absolute Gasteiger partial charge is 0.480 e. The predicted molar refractivity (Wildman–Crippen MR) is 63.6 cm³/mol. The van der Waals surface area contributed by atoms with Crippen LogP contribution >= 0.6 is 0 Å². The lowest BCUT2D eigenvalue weighted by Gasteiger charge is -2.22. The molecule has 0 aromatic rings. The summed E-state index contributed by atoms with van der Waals surface area (Å²) >= 11 is 0. The van der Waals surface area contributed by atoms with Gasteiger partial charge in [0.15, 0.2) is 6.04 Å². The van der Waals surface area contributed by atoms with E-state index in [1.807, 2.05) is 13.8 Å². The molecule has 0 rings (SSSR count). The van der Waals surface area contributed by atoms with Crippen molar-refractivity contribution in [3.05, 3.63) is 0 Å². The van der Waals surface area contributed by atoms with Crippen molar-refractivity contribution in [2.45, 2.75) is 45.4 Å². The van der Waals surface area contributed by atoms with Gasteiger partial charge in [0, 0.05) is 0 Å². The molecule has 0 spiro atoms. The van der Waals surface area contributed by atoms with Crippen LogP contribution in [0.1, 0.15) is 27.2 Å². The second kappa shape index (κ2) is 7.24. The van der Waals surface area contributed by atoms with Gasteiger partial charge in [0.1, 0.15) is 0 Å². The molecule has 0 radical (unpaired) electrons. The number of hydrogen-bond acceptors (Lipinski definition) is 4. The Hall–Kier alpha value is -1.14. The van der Waals surface area contributed by atoms with Gasteiger partial charge < -0.3 is 20.8 Å². The van der Waals surface area contributed by atoms with E-state index >= 15 is 0 Å². The van der Waals surface area contributed by atoms with Gasteiger partial charge in [-0.3, -0.25) is 4.79 Å². The number of carboxylic acids is 1.